The van der Waals surface area contributed by atoms with Crippen LogP contribution < -0.4 is 5.73 Å². The van der Waals surface area contributed by atoms with E-state index in [4.69, 9.17) is 5.73 Å². The highest BCUT2D eigenvalue weighted by Gasteiger charge is 2.16. The first kappa shape index (κ1) is 14.0. The van der Waals surface area contributed by atoms with Crippen molar-refractivity contribution in [2.24, 2.45) is 5.73 Å². The summed E-state index contributed by atoms with van der Waals surface area (Å²) < 4.78 is 4.33. The summed E-state index contributed by atoms with van der Waals surface area (Å²) in [5.74, 6) is -0.549. The number of carbonyl (C=O) groups excluding carboxylic acids is 2. The molecule has 1 unspecified atom stereocenters. The SMILES string of the molecule is C.COC(=O)C(N)CC(=O)SC. The fourth-order valence-electron chi connectivity index (χ4n) is 0.498. The zero-order valence-corrected chi connectivity index (χ0v) is 7.31. The van der Waals surface area contributed by atoms with E-state index in [2.05, 4.69) is 4.74 Å². The highest BCUT2D eigenvalue weighted by Crippen LogP contribution is 2.02. The summed E-state index contributed by atoms with van der Waals surface area (Å²) in [4.78, 5) is 21.4. The quantitative estimate of drug-likeness (QED) is 0.657. The Kier molecular flexibility index (Phi) is 8.31. The first-order valence-electron chi connectivity index (χ1n) is 3.02. The molecule has 0 rings (SSSR count). The second-order valence-corrected chi connectivity index (χ2v) is 2.77. The normalized spacial score (nSPS) is 11.2. The van der Waals surface area contributed by atoms with E-state index < -0.39 is 12.0 Å². The smallest absolute Gasteiger partial charge is 0.323 e. The molecule has 5 heteroatoms. The predicted molar refractivity (Wildman–Crippen MR) is 49.9 cm³/mol. The molecule has 0 aromatic carbocycles. The van der Waals surface area contributed by atoms with Crippen LogP contribution in [0.4, 0.5) is 0 Å². The third kappa shape index (κ3) is 5.15. The van der Waals surface area contributed by atoms with Crippen LogP contribution in [0.3, 0.4) is 0 Å². The summed E-state index contributed by atoms with van der Waals surface area (Å²) in [7, 11) is 1.24. The average molecular weight is 193 g/mol. The Bertz CT molecular complexity index is 161. The maximum Gasteiger partial charge on any atom is 0.323 e. The molecule has 4 nitrogen and oxygen atoms in total. The summed E-state index contributed by atoms with van der Waals surface area (Å²) in [6.45, 7) is 0. The van der Waals surface area contributed by atoms with Gasteiger partial charge in [0.05, 0.1) is 7.11 Å². The van der Waals surface area contributed by atoms with Crippen LogP contribution in [0.15, 0.2) is 0 Å². The van der Waals surface area contributed by atoms with Crippen molar-refractivity contribution in [3.63, 3.8) is 0 Å². The molecule has 0 bridgehead atoms. The lowest BCUT2D eigenvalue weighted by Gasteiger charge is -2.05. The van der Waals surface area contributed by atoms with Gasteiger partial charge >= 0.3 is 5.97 Å². The van der Waals surface area contributed by atoms with Gasteiger partial charge in [0, 0.05) is 6.42 Å². The van der Waals surface area contributed by atoms with Gasteiger partial charge in [-0.3, -0.25) is 9.59 Å². The second kappa shape index (κ2) is 7.12. The molecule has 0 heterocycles. The minimum atomic E-state index is -0.819. The van der Waals surface area contributed by atoms with Gasteiger partial charge in [-0.25, -0.2) is 0 Å². The fourth-order valence-corrected chi connectivity index (χ4v) is 0.844. The number of esters is 1. The van der Waals surface area contributed by atoms with Crippen LogP contribution in [0.5, 0.6) is 0 Å². The van der Waals surface area contributed by atoms with E-state index in [0.29, 0.717) is 0 Å². The molecule has 0 radical (unpaired) electrons. The van der Waals surface area contributed by atoms with Crippen LogP contribution in [-0.2, 0) is 14.3 Å². The number of carbonyl (C=O) groups is 2. The van der Waals surface area contributed by atoms with Crippen molar-refractivity contribution >= 4 is 22.8 Å². The summed E-state index contributed by atoms with van der Waals surface area (Å²) in [6, 6.07) is -0.819. The van der Waals surface area contributed by atoms with E-state index in [-0.39, 0.29) is 19.0 Å². The number of thioether (sulfide) groups is 1. The van der Waals surface area contributed by atoms with Crippen molar-refractivity contribution < 1.29 is 14.3 Å². The van der Waals surface area contributed by atoms with Crippen molar-refractivity contribution in [1.82, 2.24) is 0 Å². The van der Waals surface area contributed by atoms with Gasteiger partial charge in [-0.15, -0.1) is 0 Å². The molecule has 0 aliphatic heterocycles. The molecule has 12 heavy (non-hydrogen) atoms. The van der Waals surface area contributed by atoms with Gasteiger partial charge in [0.2, 0.25) is 0 Å². The molecule has 0 spiro atoms. The zero-order chi connectivity index (χ0) is 8.85. The van der Waals surface area contributed by atoms with Gasteiger partial charge < -0.3 is 10.5 Å². The summed E-state index contributed by atoms with van der Waals surface area (Å²) >= 11 is 1.05. The van der Waals surface area contributed by atoms with Gasteiger partial charge in [0.1, 0.15) is 6.04 Å². The molecular weight excluding hydrogens is 178 g/mol. The maximum atomic E-state index is 10.7. The molecule has 0 fully saturated rings. The number of nitrogens with two attached hydrogens (primary N) is 1. The molecule has 72 valence electrons. The lowest BCUT2D eigenvalue weighted by molar-refractivity contribution is -0.143. The third-order valence-electron chi connectivity index (χ3n) is 1.12. The van der Waals surface area contributed by atoms with Gasteiger partial charge in [-0.05, 0) is 6.26 Å². The maximum absolute atomic E-state index is 10.7. The second-order valence-electron chi connectivity index (χ2n) is 1.91. The molecule has 0 aromatic rings. The Labute approximate surface area is 76.8 Å². The summed E-state index contributed by atoms with van der Waals surface area (Å²) in [5.41, 5.74) is 5.30. The monoisotopic (exact) mass is 193 g/mol. The molecule has 0 saturated heterocycles. The molecule has 2 N–H and O–H groups in total. The number of rotatable bonds is 3. The van der Waals surface area contributed by atoms with E-state index in [1.807, 2.05) is 0 Å². The Hall–Kier alpha value is -0.550. The Morgan fingerprint density at radius 3 is 2.42 bits per heavy atom. The Morgan fingerprint density at radius 2 is 2.08 bits per heavy atom. The average Bonchev–Trinajstić information content (AvgIpc) is 2.02. The first-order chi connectivity index (χ1) is 5.11. The number of ether oxygens (including phenoxy) is 1. The molecule has 0 aliphatic rings. The van der Waals surface area contributed by atoms with Crippen LogP contribution in [0.25, 0.3) is 0 Å². The van der Waals surface area contributed by atoms with Crippen LogP contribution in [0, 0.1) is 0 Å². The summed E-state index contributed by atoms with van der Waals surface area (Å²) in [6.07, 6.45) is 1.68. The minimum Gasteiger partial charge on any atom is -0.468 e. The van der Waals surface area contributed by atoms with Gasteiger partial charge in [-0.1, -0.05) is 19.2 Å². The van der Waals surface area contributed by atoms with Crippen LogP contribution in [-0.4, -0.2) is 30.5 Å². The minimum absolute atomic E-state index is 0. The van der Waals surface area contributed by atoms with Crippen molar-refractivity contribution in [3.8, 4) is 0 Å². The fraction of sp³-hybridized carbons (Fsp3) is 0.714. The molecular formula is C7H15NO3S. The largest absolute Gasteiger partial charge is 0.468 e. The summed E-state index contributed by atoms with van der Waals surface area (Å²) in [5, 5.41) is -0.108. The van der Waals surface area contributed by atoms with Crippen molar-refractivity contribution in [2.75, 3.05) is 13.4 Å². The molecule has 0 saturated carbocycles. The van der Waals surface area contributed by atoms with Crippen molar-refractivity contribution in [3.05, 3.63) is 0 Å². The predicted octanol–water partition coefficient (Wildman–Crippen LogP) is 0.403. The lowest BCUT2D eigenvalue weighted by Crippen LogP contribution is -2.33. The zero-order valence-electron chi connectivity index (χ0n) is 6.49. The van der Waals surface area contributed by atoms with Crippen LogP contribution in [0.1, 0.15) is 13.8 Å². The topological polar surface area (TPSA) is 69.4 Å². The first-order valence-corrected chi connectivity index (χ1v) is 4.24. The molecule has 0 aliphatic carbocycles. The van der Waals surface area contributed by atoms with E-state index in [1.165, 1.54) is 7.11 Å². The van der Waals surface area contributed by atoms with Gasteiger partial charge in [-0.2, -0.15) is 0 Å². The van der Waals surface area contributed by atoms with E-state index >= 15 is 0 Å². The molecule has 1 atom stereocenters. The highest BCUT2D eigenvalue weighted by molar-refractivity contribution is 8.13. The lowest BCUT2D eigenvalue weighted by atomic mass is 10.2. The number of hydrogen-bond acceptors (Lipinski definition) is 5. The standard InChI is InChI=1S/C6H11NO3S.CH4/c1-10-6(9)4(7)3-5(8)11-2;/h4H,3,7H2,1-2H3;1H4. The van der Waals surface area contributed by atoms with Gasteiger partial charge in [0.15, 0.2) is 5.12 Å². The Balaban J connectivity index is 0. The van der Waals surface area contributed by atoms with Crippen LogP contribution in [0.2, 0.25) is 0 Å². The highest BCUT2D eigenvalue weighted by atomic mass is 32.2. The molecule has 0 aromatic heterocycles. The third-order valence-corrected chi connectivity index (χ3v) is 1.74. The van der Waals surface area contributed by atoms with Crippen LogP contribution >= 0.6 is 11.8 Å². The van der Waals surface area contributed by atoms with E-state index in [9.17, 15) is 9.59 Å². The number of methoxy groups -OCH3 is 1. The van der Waals surface area contributed by atoms with E-state index in [1.54, 1.807) is 6.26 Å². The van der Waals surface area contributed by atoms with Crippen molar-refractivity contribution in [1.29, 1.82) is 0 Å². The van der Waals surface area contributed by atoms with Crippen molar-refractivity contribution in [2.45, 2.75) is 19.9 Å². The number of hydrogen-bond donors (Lipinski definition) is 1. The molecule has 0 amide bonds. The Morgan fingerprint density at radius 1 is 1.58 bits per heavy atom. The van der Waals surface area contributed by atoms with E-state index in [0.717, 1.165) is 11.8 Å². The van der Waals surface area contributed by atoms with Gasteiger partial charge in [0.25, 0.3) is 0 Å².